The maximum Gasteiger partial charge on any atom is 0.156 e. The number of carbonyl (C=O) groups excluding carboxylic acids is 1. The molecule has 0 bridgehead atoms. The Balaban J connectivity index is 2.03. The number of phenols is 1. The highest BCUT2D eigenvalue weighted by molar-refractivity contribution is 5.90. The van der Waals surface area contributed by atoms with Crippen LogP contribution in [0.25, 0.3) is 0 Å². The fourth-order valence-corrected chi connectivity index (χ4v) is 2.44. The average molecular weight is 233 g/mol. The Morgan fingerprint density at radius 3 is 2.35 bits per heavy atom. The number of Topliss-reactive ketones (excluding diaryl/α,β-unsaturated/α-hetero) is 1. The molecule has 3 N–H and O–H groups in total. The molecule has 0 atom stereocenters. The van der Waals surface area contributed by atoms with Crippen molar-refractivity contribution in [3.8, 4) is 5.75 Å². The van der Waals surface area contributed by atoms with Crippen molar-refractivity contribution in [1.82, 2.24) is 0 Å². The largest absolute Gasteiger partial charge is 0.508 e. The van der Waals surface area contributed by atoms with Crippen LogP contribution in [0, 0.1) is 0 Å². The normalized spacial score (nSPS) is 18.9. The van der Waals surface area contributed by atoms with Crippen LogP contribution in [-0.4, -0.2) is 16.4 Å². The molecule has 1 fully saturated rings. The summed E-state index contributed by atoms with van der Waals surface area (Å²) in [5, 5.41) is 9.18. The van der Waals surface area contributed by atoms with Crippen LogP contribution in [0.4, 0.5) is 0 Å². The number of aromatic hydroxyl groups is 1. The molecular weight excluding hydrogens is 214 g/mol. The third-order valence-electron chi connectivity index (χ3n) is 3.60. The summed E-state index contributed by atoms with van der Waals surface area (Å²) >= 11 is 0. The van der Waals surface area contributed by atoms with Gasteiger partial charge in [-0.2, -0.15) is 0 Å². The smallest absolute Gasteiger partial charge is 0.156 e. The maximum absolute atomic E-state index is 12.2. The van der Waals surface area contributed by atoms with Gasteiger partial charge in [-0.15, -0.1) is 0 Å². The number of phenolic OH excluding ortho intramolecular Hbond substituents is 1. The van der Waals surface area contributed by atoms with Crippen molar-refractivity contribution >= 4 is 5.78 Å². The molecule has 92 valence electrons. The van der Waals surface area contributed by atoms with Crippen LogP contribution in [0.2, 0.25) is 0 Å². The number of rotatable bonds is 3. The average Bonchev–Trinajstić information content (AvgIpc) is 2.33. The summed E-state index contributed by atoms with van der Waals surface area (Å²) in [4.78, 5) is 12.2. The number of benzene rings is 1. The van der Waals surface area contributed by atoms with E-state index in [2.05, 4.69) is 0 Å². The van der Waals surface area contributed by atoms with Crippen molar-refractivity contribution in [3.05, 3.63) is 29.8 Å². The molecule has 3 heteroatoms. The molecule has 1 aromatic carbocycles. The highest BCUT2D eigenvalue weighted by atomic mass is 16.3. The van der Waals surface area contributed by atoms with Crippen LogP contribution in [-0.2, 0) is 11.2 Å². The van der Waals surface area contributed by atoms with Crippen LogP contribution in [0.1, 0.15) is 37.7 Å². The van der Waals surface area contributed by atoms with E-state index in [0.29, 0.717) is 6.42 Å². The molecule has 1 aromatic rings. The molecule has 1 aliphatic carbocycles. The van der Waals surface area contributed by atoms with E-state index in [4.69, 9.17) is 5.73 Å². The lowest BCUT2D eigenvalue weighted by Gasteiger charge is -2.31. The predicted octanol–water partition coefficient (Wildman–Crippen LogP) is 2.17. The Bertz CT molecular complexity index is 391. The molecule has 0 saturated heterocycles. The molecule has 0 aromatic heterocycles. The summed E-state index contributed by atoms with van der Waals surface area (Å²) in [6.45, 7) is 0. The number of hydrogen-bond acceptors (Lipinski definition) is 3. The zero-order valence-electron chi connectivity index (χ0n) is 9.98. The van der Waals surface area contributed by atoms with E-state index in [1.54, 1.807) is 24.3 Å². The Morgan fingerprint density at radius 1 is 1.18 bits per heavy atom. The van der Waals surface area contributed by atoms with Crippen molar-refractivity contribution in [2.24, 2.45) is 5.73 Å². The summed E-state index contributed by atoms with van der Waals surface area (Å²) in [5.74, 6) is 0.351. The van der Waals surface area contributed by atoms with Crippen LogP contribution in [0.5, 0.6) is 5.75 Å². The highest BCUT2D eigenvalue weighted by Crippen LogP contribution is 2.27. The standard InChI is InChI=1S/C14H19NO2/c15-14(8-2-1-3-9-14)13(17)10-11-4-6-12(16)7-5-11/h4-7,16H,1-3,8-10,15H2. The molecule has 2 rings (SSSR count). The van der Waals surface area contributed by atoms with Gasteiger partial charge in [0.25, 0.3) is 0 Å². The Labute approximate surface area is 102 Å². The summed E-state index contributed by atoms with van der Waals surface area (Å²) in [5.41, 5.74) is 6.49. The minimum atomic E-state index is -0.615. The van der Waals surface area contributed by atoms with Gasteiger partial charge >= 0.3 is 0 Å². The first kappa shape index (κ1) is 12.1. The van der Waals surface area contributed by atoms with Gasteiger partial charge in [-0.3, -0.25) is 4.79 Å². The Morgan fingerprint density at radius 2 is 1.76 bits per heavy atom. The van der Waals surface area contributed by atoms with Gasteiger partial charge in [0, 0.05) is 6.42 Å². The number of nitrogens with two attached hydrogens (primary N) is 1. The Hall–Kier alpha value is -1.35. The quantitative estimate of drug-likeness (QED) is 0.841. The zero-order chi connectivity index (χ0) is 12.3. The van der Waals surface area contributed by atoms with E-state index in [1.165, 1.54) is 6.42 Å². The van der Waals surface area contributed by atoms with Crippen molar-refractivity contribution < 1.29 is 9.90 Å². The number of hydrogen-bond donors (Lipinski definition) is 2. The van der Waals surface area contributed by atoms with Crippen molar-refractivity contribution in [2.45, 2.75) is 44.1 Å². The van der Waals surface area contributed by atoms with Gasteiger partial charge in [0.1, 0.15) is 5.75 Å². The second kappa shape index (κ2) is 4.88. The molecule has 0 aliphatic heterocycles. The van der Waals surface area contributed by atoms with E-state index in [1.807, 2.05) is 0 Å². The van der Waals surface area contributed by atoms with Crippen molar-refractivity contribution in [1.29, 1.82) is 0 Å². The Kier molecular flexibility index (Phi) is 3.48. The fourth-order valence-electron chi connectivity index (χ4n) is 2.44. The highest BCUT2D eigenvalue weighted by Gasteiger charge is 2.34. The van der Waals surface area contributed by atoms with E-state index in [9.17, 15) is 9.90 Å². The molecule has 0 radical (unpaired) electrons. The summed E-state index contributed by atoms with van der Waals surface area (Å²) in [6.07, 6.45) is 5.28. The van der Waals surface area contributed by atoms with Crippen molar-refractivity contribution in [2.75, 3.05) is 0 Å². The topological polar surface area (TPSA) is 63.3 Å². The van der Waals surface area contributed by atoms with Crippen molar-refractivity contribution in [3.63, 3.8) is 0 Å². The summed E-state index contributed by atoms with van der Waals surface area (Å²) in [6, 6.07) is 6.76. The lowest BCUT2D eigenvalue weighted by atomic mass is 9.78. The van der Waals surface area contributed by atoms with Gasteiger partial charge in [-0.05, 0) is 30.5 Å². The van der Waals surface area contributed by atoms with E-state index in [-0.39, 0.29) is 11.5 Å². The van der Waals surface area contributed by atoms with E-state index >= 15 is 0 Å². The predicted molar refractivity (Wildman–Crippen MR) is 66.8 cm³/mol. The molecule has 0 unspecified atom stereocenters. The monoisotopic (exact) mass is 233 g/mol. The van der Waals surface area contributed by atoms with E-state index < -0.39 is 5.54 Å². The second-order valence-corrected chi connectivity index (χ2v) is 4.98. The first-order valence-electron chi connectivity index (χ1n) is 6.20. The molecule has 1 aliphatic rings. The second-order valence-electron chi connectivity index (χ2n) is 4.98. The van der Waals surface area contributed by atoms with Gasteiger partial charge < -0.3 is 10.8 Å². The van der Waals surface area contributed by atoms with E-state index in [0.717, 1.165) is 31.2 Å². The lowest BCUT2D eigenvalue weighted by molar-refractivity contribution is -0.124. The van der Waals surface area contributed by atoms with Crippen LogP contribution >= 0.6 is 0 Å². The molecule has 0 heterocycles. The van der Waals surface area contributed by atoms with Crippen LogP contribution < -0.4 is 5.73 Å². The molecular formula is C14H19NO2. The minimum absolute atomic E-state index is 0.128. The van der Waals surface area contributed by atoms with Crippen LogP contribution in [0.15, 0.2) is 24.3 Å². The van der Waals surface area contributed by atoms with Gasteiger partial charge in [0.05, 0.1) is 5.54 Å². The third kappa shape index (κ3) is 2.86. The summed E-state index contributed by atoms with van der Waals surface area (Å²) in [7, 11) is 0. The number of ketones is 1. The maximum atomic E-state index is 12.2. The van der Waals surface area contributed by atoms with Gasteiger partial charge in [-0.25, -0.2) is 0 Å². The van der Waals surface area contributed by atoms with Gasteiger partial charge in [0.15, 0.2) is 5.78 Å². The SMILES string of the molecule is NC1(C(=O)Cc2ccc(O)cc2)CCCCC1. The van der Waals surface area contributed by atoms with Gasteiger partial charge in [0.2, 0.25) is 0 Å². The zero-order valence-corrected chi connectivity index (χ0v) is 9.98. The molecule has 0 amide bonds. The molecule has 0 spiro atoms. The minimum Gasteiger partial charge on any atom is -0.508 e. The first-order chi connectivity index (χ1) is 8.10. The fraction of sp³-hybridized carbons (Fsp3) is 0.500. The van der Waals surface area contributed by atoms with Crippen LogP contribution in [0.3, 0.4) is 0 Å². The summed E-state index contributed by atoms with van der Waals surface area (Å²) < 4.78 is 0. The lowest BCUT2D eigenvalue weighted by Crippen LogP contribution is -2.50. The number of carbonyl (C=O) groups is 1. The molecule has 17 heavy (non-hydrogen) atoms. The first-order valence-corrected chi connectivity index (χ1v) is 6.20. The van der Waals surface area contributed by atoms with Gasteiger partial charge in [-0.1, -0.05) is 31.4 Å². The third-order valence-corrected chi connectivity index (χ3v) is 3.60. The molecule has 1 saturated carbocycles. The molecule has 3 nitrogen and oxygen atoms in total.